The molecule has 0 aliphatic heterocycles. The van der Waals surface area contributed by atoms with E-state index in [9.17, 15) is 36.9 Å². The van der Waals surface area contributed by atoms with Crippen molar-refractivity contribution in [2.75, 3.05) is 11.9 Å². The Kier molecular flexibility index (Phi) is 6.46. The third-order valence-corrected chi connectivity index (χ3v) is 5.82. The van der Waals surface area contributed by atoms with Crippen LogP contribution in [0.5, 0.6) is 0 Å². The van der Waals surface area contributed by atoms with Gasteiger partial charge in [-0.3, -0.25) is 9.36 Å². The Labute approximate surface area is 157 Å². The zero-order valence-corrected chi connectivity index (χ0v) is 15.3. The first-order valence-corrected chi connectivity index (χ1v) is 10.00. The van der Waals surface area contributed by atoms with Gasteiger partial charge in [-0.15, -0.1) is 0 Å². The zero-order valence-electron chi connectivity index (χ0n) is 14.4. The number of benzene rings is 1. The van der Waals surface area contributed by atoms with Gasteiger partial charge in [-0.1, -0.05) is 12.1 Å². The van der Waals surface area contributed by atoms with Crippen molar-refractivity contribution in [3.63, 3.8) is 0 Å². The van der Waals surface area contributed by atoms with E-state index < -0.39 is 49.1 Å². The molecular weight excluding hydrogens is 403 g/mol. The fourth-order valence-corrected chi connectivity index (χ4v) is 4.52. The van der Waals surface area contributed by atoms with Crippen molar-refractivity contribution in [1.82, 2.24) is 4.98 Å². The maximum atomic E-state index is 13.3. The molecule has 4 N–H and O–H groups in total. The van der Waals surface area contributed by atoms with Crippen molar-refractivity contribution in [2.24, 2.45) is 5.92 Å². The van der Waals surface area contributed by atoms with Gasteiger partial charge >= 0.3 is 12.1 Å². The molecule has 0 spiro atoms. The normalized spacial score (nSPS) is 15.0. The van der Waals surface area contributed by atoms with Crippen molar-refractivity contribution >= 4 is 19.2 Å². The second-order valence-corrected chi connectivity index (χ2v) is 8.70. The molecule has 28 heavy (non-hydrogen) atoms. The summed E-state index contributed by atoms with van der Waals surface area (Å²) in [4.78, 5) is 25.4. The van der Waals surface area contributed by atoms with E-state index in [4.69, 9.17) is 5.73 Å². The fraction of sp³-hybridized carbons (Fsp3) is 0.294. The molecule has 2 unspecified atom stereocenters. The Bertz CT molecular complexity index is 903. The molecule has 2 aromatic rings. The van der Waals surface area contributed by atoms with E-state index in [1.54, 1.807) is 0 Å². The summed E-state index contributed by atoms with van der Waals surface area (Å²) in [5.41, 5.74) is 4.16. The lowest BCUT2D eigenvalue weighted by Crippen LogP contribution is -2.21. The highest BCUT2D eigenvalue weighted by Gasteiger charge is 2.35. The average Bonchev–Trinajstić information content (AvgIpc) is 2.56. The lowest BCUT2D eigenvalue weighted by Gasteiger charge is -2.18. The number of aromatic nitrogens is 1. The van der Waals surface area contributed by atoms with Crippen molar-refractivity contribution in [2.45, 2.75) is 18.8 Å². The highest BCUT2D eigenvalue weighted by molar-refractivity contribution is 7.57. The van der Waals surface area contributed by atoms with E-state index >= 15 is 0 Å². The molecule has 0 saturated carbocycles. The molecule has 0 bridgehead atoms. The third-order valence-electron chi connectivity index (χ3n) is 3.95. The molecule has 0 amide bonds. The van der Waals surface area contributed by atoms with Crippen molar-refractivity contribution in [3.8, 4) is 0 Å². The molecule has 1 heterocycles. The molecule has 0 aliphatic rings. The van der Waals surface area contributed by atoms with Gasteiger partial charge in [0.25, 0.3) is 0 Å². The van der Waals surface area contributed by atoms with Gasteiger partial charge in [0.2, 0.25) is 7.37 Å². The molecule has 0 radical (unpaired) electrons. The summed E-state index contributed by atoms with van der Waals surface area (Å²) in [6.07, 6.45) is -5.09. The third kappa shape index (κ3) is 6.03. The van der Waals surface area contributed by atoms with Gasteiger partial charge in [0.15, 0.2) is 0 Å². The molecule has 2 atom stereocenters. The van der Waals surface area contributed by atoms with Gasteiger partial charge < -0.3 is 15.7 Å². The summed E-state index contributed by atoms with van der Waals surface area (Å²) in [5.74, 6) is -3.87. The smallest absolute Gasteiger partial charge is 0.419 e. The number of carboxylic acid groups (broad SMARTS) is 1. The van der Waals surface area contributed by atoms with Crippen molar-refractivity contribution < 1.29 is 36.9 Å². The maximum Gasteiger partial charge on any atom is 0.419 e. The Morgan fingerprint density at radius 2 is 1.86 bits per heavy atom. The number of carboxylic acids is 1. The highest BCUT2D eigenvalue weighted by Crippen LogP contribution is 2.47. The molecular formula is C17H17F4N2O4P. The quantitative estimate of drug-likeness (QED) is 0.467. The molecule has 11 heteroatoms. The van der Waals surface area contributed by atoms with Crippen LogP contribution in [0.1, 0.15) is 16.7 Å². The summed E-state index contributed by atoms with van der Waals surface area (Å²) in [6, 6.07) is 4.96. The van der Waals surface area contributed by atoms with Gasteiger partial charge in [-0.2, -0.15) is 13.2 Å². The number of aliphatic carboxylic acids is 1. The Morgan fingerprint density at radius 3 is 2.39 bits per heavy atom. The summed E-state index contributed by atoms with van der Waals surface area (Å²) < 4.78 is 64.2. The first kappa shape index (κ1) is 21.8. The van der Waals surface area contributed by atoms with Gasteiger partial charge in [-0.05, 0) is 35.7 Å². The molecule has 0 aliphatic carbocycles. The summed E-state index contributed by atoms with van der Waals surface area (Å²) >= 11 is 0. The molecule has 152 valence electrons. The number of hydrogen-bond acceptors (Lipinski definition) is 4. The van der Waals surface area contributed by atoms with Crippen LogP contribution in [0.4, 0.5) is 23.4 Å². The number of hydrogen-bond donors (Lipinski definition) is 3. The number of alkyl halides is 3. The predicted octanol–water partition coefficient (Wildman–Crippen LogP) is 3.54. The van der Waals surface area contributed by atoms with E-state index in [0.717, 1.165) is 6.07 Å². The first-order valence-electron chi connectivity index (χ1n) is 7.97. The van der Waals surface area contributed by atoms with Crippen LogP contribution in [0.3, 0.4) is 0 Å². The minimum atomic E-state index is -4.95. The average molecular weight is 420 g/mol. The fourth-order valence-electron chi connectivity index (χ4n) is 2.65. The number of carbonyl (C=O) groups is 1. The second kappa shape index (κ2) is 8.28. The lowest BCUT2D eigenvalue weighted by atomic mass is 10.0. The minimum Gasteiger partial charge on any atom is -0.481 e. The molecule has 1 aromatic carbocycles. The second-order valence-electron chi connectivity index (χ2n) is 6.33. The van der Waals surface area contributed by atoms with Gasteiger partial charge in [0, 0.05) is 18.5 Å². The SMILES string of the molecule is Nc1ccc(CC(CP(=O)(O)Cc2ccc(F)c(C(F)(F)F)c2)C(=O)O)cn1. The van der Waals surface area contributed by atoms with Crippen LogP contribution in [0, 0.1) is 11.7 Å². The molecule has 6 nitrogen and oxygen atoms in total. The monoisotopic (exact) mass is 420 g/mol. The standard InChI is InChI=1S/C17H17F4N2O4P/c18-14-3-1-11(6-13(14)17(19,20)21)8-28(26,27)9-12(16(24)25)5-10-2-4-15(22)23-7-10/h1-4,6-7,12H,5,8-9H2,(H2,22,23)(H,24,25)(H,26,27). The highest BCUT2D eigenvalue weighted by atomic mass is 31.2. The predicted molar refractivity (Wildman–Crippen MR) is 93.3 cm³/mol. The van der Waals surface area contributed by atoms with Gasteiger partial charge in [0.05, 0.1) is 11.5 Å². The van der Waals surface area contributed by atoms with E-state index in [-0.39, 0.29) is 17.8 Å². The van der Waals surface area contributed by atoms with Crippen LogP contribution in [0.15, 0.2) is 36.5 Å². The van der Waals surface area contributed by atoms with Crippen LogP contribution in [-0.4, -0.2) is 27.1 Å². The van der Waals surface area contributed by atoms with Crippen molar-refractivity contribution in [1.29, 1.82) is 0 Å². The Balaban J connectivity index is 2.17. The molecule has 2 rings (SSSR count). The van der Waals surface area contributed by atoms with E-state index in [0.29, 0.717) is 17.7 Å². The first-order chi connectivity index (χ1) is 12.9. The number of nitrogens with zero attached hydrogens (tertiary/aromatic N) is 1. The summed E-state index contributed by atoms with van der Waals surface area (Å²) in [5, 5.41) is 9.33. The number of halogens is 4. The van der Waals surface area contributed by atoms with Crippen LogP contribution in [0.2, 0.25) is 0 Å². The molecule has 0 saturated heterocycles. The van der Waals surface area contributed by atoms with E-state index in [2.05, 4.69) is 4.98 Å². The van der Waals surface area contributed by atoms with E-state index in [1.165, 1.54) is 18.3 Å². The van der Waals surface area contributed by atoms with Crippen molar-refractivity contribution in [3.05, 3.63) is 59.0 Å². The molecule has 0 fully saturated rings. The number of pyridine rings is 1. The van der Waals surface area contributed by atoms with Gasteiger partial charge in [0.1, 0.15) is 11.6 Å². The Morgan fingerprint density at radius 1 is 1.21 bits per heavy atom. The maximum absolute atomic E-state index is 13.3. The van der Waals surface area contributed by atoms with Gasteiger partial charge in [-0.25, -0.2) is 9.37 Å². The Hall–Kier alpha value is -2.45. The zero-order chi connectivity index (χ0) is 21.1. The summed E-state index contributed by atoms with van der Waals surface area (Å²) in [7, 11) is -4.17. The number of anilines is 1. The number of rotatable bonds is 7. The lowest BCUT2D eigenvalue weighted by molar-refractivity contribution is -0.141. The van der Waals surface area contributed by atoms with E-state index in [1.807, 2.05) is 0 Å². The topological polar surface area (TPSA) is 114 Å². The van der Waals surface area contributed by atoms with Crippen LogP contribution >= 0.6 is 7.37 Å². The largest absolute Gasteiger partial charge is 0.481 e. The van der Waals surface area contributed by atoms with Crippen LogP contribution in [-0.2, 0) is 28.1 Å². The van der Waals surface area contributed by atoms with Crippen LogP contribution < -0.4 is 5.73 Å². The number of nitrogen functional groups attached to an aromatic ring is 1. The molecule has 1 aromatic heterocycles. The minimum absolute atomic E-state index is 0.107. The summed E-state index contributed by atoms with van der Waals surface area (Å²) in [6.45, 7) is 0. The number of nitrogens with two attached hydrogens (primary N) is 1. The van der Waals surface area contributed by atoms with Crippen LogP contribution in [0.25, 0.3) is 0 Å².